The Labute approximate surface area is 116 Å². The van der Waals surface area contributed by atoms with Crippen molar-refractivity contribution in [3.05, 3.63) is 23.9 Å². The summed E-state index contributed by atoms with van der Waals surface area (Å²) in [5, 5.41) is 3.44. The van der Waals surface area contributed by atoms with E-state index in [1.807, 2.05) is 6.20 Å². The fourth-order valence-corrected chi connectivity index (χ4v) is 2.64. The van der Waals surface area contributed by atoms with Crippen molar-refractivity contribution in [2.75, 3.05) is 31.6 Å². The summed E-state index contributed by atoms with van der Waals surface area (Å²) in [4.78, 5) is 6.85. The first-order valence-electron chi connectivity index (χ1n) is 7.21. The zero-order chi connectivity index (χ0) is 13.7. The van der Waals surface area contributed by atoms with Crippen LogP contribution in [0, 0.1) is 0 Å². The highest BCUT2D eigenvalue weighted by molar-refractivity contribution is 5.42. The van der Waals surface area contributed by atoms with Gasteiger partial charge in [0, 0.05) is 32.4 Å². The second kappa shape index (κ2) is 6.87. The van der Waals surface area contributed by atoms with E-state index >= 15 is 0 Å². The molecule has 2 heterocycles. The Morgan fingerprint density at radius 1 is 1.58 bits per heavy atom. The van der Waals surface area contributed by atoms with Crippen LogP contribution in [0.5, 0.6) is 0 Å². The minimum atomic E-state index is 0.338. The van der Waals surface area contributed by atoms with Gasteiger partial charge in [0.2, 0.25) is 0 Å². The highest BCUT2D eigenvalue weighted by Gasteiger charge is 2.20. The summed E-state index contributed by atoms with van der Waals surface area (Å²) in [5.41, 5.74) is 1.30. The molecule has 0 spiro atoms. The van der Waals surface area contributed by atoms with Crippen LogP contribution < -0.4 is 10.2 Å². The third-order valence-corrected chi connectivity index (χ3v) is 3.82. The van der Waals surface area contributed by atoms with Gasteiger partial charge in [0.15, 0.2) is 0 Å². The van der Waals surface area contributed by atoms with Crippen molar-refractivity contribution >= 4 is 5.82 Å². The van der Waals surface area contributed by atoms with Gasteiger partial charge >= 0.3 is 0 Å². The third-order valence-electron chi connectivity index (χ3n) is 3.82. The minimum Gasteiger partial charge on any atom is -0.380 e. The van der Waals surface area contributed by atoms with Crippen molar-refractivity contribution in [2.45, 2.75) is 38.8 Å². The number of aromatic nitrogens is 1. The van der Waals surface area contributed by atoms with Crippen LogP contribution in [0.3, 0.4) is 0 Å². The second-order valence-corrected chi connectivity index (χ2v) is 5.17. The number of pyridine rings is 1. The monoisotopic (exact) mass is 263 g/mol. The molecule has 1 saturated heterocycles. The molecule has 1 fully saturated rings. The number of nitrogens with one attached hydrogen (secondary N) is 1. The van der Waals surface area contributed by atoms with Crippen LogP contribution >= 0.6 is 0 Å². The van der Waals surface area contributed by atoms with Crippen molar-refractivity contribution in [1.29, 1.82) is 0 Å². The SMILES string of the molecule is CCNC(C)c1ccnc(N2CCCC(OC)C2)c1. The predicted octanol–water partition coefficient (Wildman–Crippen LogP) is 2.37. The Morgan fingerprint density at radius 2 is 2.42 bits per heavy atom. The maximum absolute atomic E-state index is 5.48. The van der Waals surface area contributed by atoms with Crippen molar-refractivity contribution in [1.82, 2.24) is 10.3 Å². The maximum Gasteiger partial charge on any atom is 0.128 e. The van der Waals surface area contributed by atoms with Gasteiger partial charge in [-0.3, -0.25) is 0 Å². The van der Waals surface area contributed by atoms with E-state index < -0.39 is 0 Å². The number of rotatable bonds is 5. The summed E-state index contributed by atoms with van der Waals surface area (Å²) in [6.07, 6.45) is 4.58. The van der Waals surface area contributed by atoms with E-state index in [1.165, 1.54) is 12.0 Å². The van der Waals surface area contributed by atoms with E-state index in [0.717, 1.165) is 31.9 Å². The maximum atomic E-state index is 5.48. The smallest absolute Gasteiger partial charge is 0.128 e. The quantitative estimate of drug-likeness (QED) is 0.885. The molecule has 1 N–H and O–H groups in total. The third kappa shape index (κ3) is 3.67. The molecule has 0 saturated carbocycles. The summed E-state index contributed by atoms with van der Waals surface area (Å²) >= 11 is 0. The Hall–Kier alpha value is -1.13. The first-order chi connectivity index (χ1) is 9.24. The molecular formula is C15H25N3O. The van der Waals surface area contributed by atoms with E-state index in [0.29, 0.717) is 12.1 Å². The Kier molecular flexibility index (Phi) is 5.16. The predicted molar refractivity (Wildman–Crippen MR) is 78.6 cm³/mol. The molecule has 1 aromatic rings. The van der Waals surface area contributed by atoms with Crippen LogP contribution in [0.2, 0.25) is 0 Å². The summed E-state index contributed by atoms with van der Waals surface area (Å²) in [7, 11) is 1.80. The fraction of sp³-hybridized carbons (Fsp3) is 0.667. The Morgan fingerprint density at radius 3 is 3.16 bits per heavy atom. The second-order valence-electron chi connectivity index (χ2n) is 5.17. The fourth-order valence-electron chi connectivity index (χ4n) is 2.64. The van der Waals surface area contributed by atoms with Crippen LogP contribution in [-0.4, -0.2) is 37.8 Å². The molecule has 2 unspecified atom stereocenters. The molecule has 2 rings (SSSR count). The van der Waals surface area contributed by atoms with Crippen LogP contribution in [0.15, 0.2) is 18.3 Å². The normalized spacial score (nSPS) is 21.4. The molecule has 4 heteroatoms. The van der Waals surface area contributed by atoms with Gasteiger partial charge in [0.1, 0.15) is 5.82 Å². The highest BCUT2D eigenvalue weighted by Crippen LogP contribution is 2.22. The van der Waals surface area contributed by atoms with Crippen LogP contribution in [0.1, 0.15) is 38.3 Å². The lowest BCUT2D eigenvalue weighted by molar-refractivity contribution is 0.0891. The van der Waals surface area contributed by atoms with Crippen LogP contribution in [-0.2, 0) is 4.74 Å². The van der Waals surface area contributed by atoms with E-state index in [4.69, 9.17) is 4.74 Å². The topological polar surface area (TPSA) is 37.4 Å². The molecule has 0 radical (unpaired) electrons. The number of nitrogens with zero attached hydrogens (tertiary/aromatic N) is 2. The van der Waals surface area contributed by atoms with Crippen molar-refractivity contribution in [3.8, 4) is 0 Å². The largest absolute Gasteiger partial charge is 0.380 e. The van der Waals surface area contributed by atoms with E-state index in [2.05, 4.69) is 41.2 Å². The molecule has 19 heavy (non-hydrogen) atoms. The number of anilines is 1. The molecular weight excluding hydrogens is 238 g/mol. The summed E-state index contributed by atoms with van der Waals surface area (Å²) in [6, 6.07) is 4.66. The van der Waals surface area contributed by atoms with Gasteiger partial charge in [-0.1, -0.05) is 6.92 Å². The standard InChI is InChI=1S/C15H25N3O/c1-4-16-12(2)13-7-8-17-15(10-13)18-9-5-6-14(11-18)19-3/h7-8,10,12,14,16H,4-6,9,11H2,1-3H3. The van der Waals surface area contributed by atoms with Gasteiger partial charge in [-0.15, -0.1) is 0 Å². The lowest BCUT2D eigenvalue weighted by Crippen LogP contribution is -2.39. The zero-order valence-corrected chi connectivity index (χ0v) is 12.2. The molecule has 1 aromatic heterocycles. The average molecular weight is 263 g/mol. The first-order valence-corrected chi connectivity index (χ1v) is 7.21. The summed E-state index contributed by atoms with van der Waals surface area (Å²) in [5.74, 6) is 1.07. The van der Waals surface area contributed by atoms with Crippen LogP contribution in [0.25, 0.3) is 0 Å². The number of piperidine rings is 1. The Bertz CT molecular complexity index is 397. The van der Waals surface area contributed by atoms with E-state index in [-0.39, 0.29) is 0 Å². The molecule has 0 bridgehead atoms. The lowest BCUT2D eigenvalue weighted by atomic mass is 10.1. The molecule has 1 aliphatic rings. The molecule has 1 aliphatic heterocycles. The van der Waals surface area contributed by atoms with Gasteiger partial charge in [-0.05, 0) is 44.0 Å². The molecule has 0 aliphatic carbocycles. The van der Waals surface area contributed by atoms with E-state index in [9.17, 15) is 0 Å². The highest BCUT2D eigenvalue weighted by atomic mass is 16.5. The molecule has 4 nitrogen and oxygen atoms in total. The molecule has 106 valence electrons. The van der Waals surface area contributed by atoms with Gasteiger partial charge in [0.05, 0.1) is 6.10 Å². The van der Waals surface area contributed by atoms with Crippen molar-refractivity contribution in [3.63, 3.8) is 0 Å². The molecule has 2 atom stereocenters. The minimum absolute atomic E-state index is 0.338. The van der Waals surface area contributed by atoms with Crippen molar-refractivity contribution < 1.29 is 4.74 Å². The summed E-state index contributed by atoms with van der Waals surface area (Å²) < 4.78 is 5.48. The number of hydrogen-bond donors (Lipinski definition) is 1. The van der Waals surface area contributed by atoms with Gasteiger partial charge in [-0.2, -0.15) is 0 Å². The average Bonchev–Trinajstić information content (AvgIpc) is 2.48. The first kappa shape index (κ1) is 14.3. The Balaban J connectivity index is 2.09. The van der Waals surface area contributed by atoms with Crippen LogP contribution in [0.4, 0.5) is 5.82 Å². The lowest BCUT2D eigenvalue weighted by Gasteiger charge is -2.33. The number of ether oxygens (including phenoxy) is 1. The molecule has 0 aromatic carbocycles. The number of methoxy groups -OCH3 is 1. The van der Waals surface area contributed by atoms with Gasteiger partial charge in [-0.25, -0.2) is 4.98 Å². The van der Waals surface area contributed by atoms with E-state index in [1.54, 1.807) is 7.11 Å². The van der Waals surface area contributed by atoms with Gasteiger partial charge < -0.3 is 15.0 Å². The molecule has 0 amide bonds. The summed E-state index contributed by atoms with van der Waals surface area (Å²) in [6.45, 7) is 7.33. The zero-order valence-electron chi connectivity index (χ0n) is 12.2. The number of hydrogen-bond acceptors (Lipinski definition) is 4. The van der Waals surface area contributed by atoms with Gasteiger partial charge in [0.25, 0.3) is 0 Å². The van der Waals surface area contributed by atoms with Crippen molar-refractivity contribution in [2.24, 2.45) is 0 Å².